The average Bonchev–Trinajstić information content (AvgIpc) is 2.31. The maximum atomic E-state index is 13.0. The van der Waals surface area contributed by atoms with Crippen molar-refractivity contribution in [3.05, 3.63) is 59.7 Å². The van der Waals surface area contributed by atoms with Crippen LogP contribution in [0.4, 0.5) is 8.78 Å². The molecule has 0 fully saturated rings. The zero-order valence-corrected chi connectivity index (χ0v) is 10.3. The fourth-order valence-electron chi connectivity index (χ4n) is 1.47. The van der Waals surface area contributed by atoms with Gasteiger partial charge in [-0.25, -0.2) is 8.78 Å². The summed E-state index contributed by atoms with van der Waals surface area (Å²) < 4.78 is 25.9. The van der Waals surface area contributed by atoms with Crippen LogP contribution in [-0.2, 0) is 0 Å². The van der Waals surface area contributed by atoms with Crippen molar-refractivity contribution in [3.63, 3.8) is 0 Å². The Morgan fingerprint density at radius 1 is 0.706 bits per heavy atom. The van der Waals surface area contributed by atoms with E-state index in [-0.39, 0.29) is 0 Å². The first-order chi connectivity index (χ1) is 8.15. The van der Waals surface area contributed by atoms with Crippen molar-refractivity contribution >= 4 is 0 Å². The topological polar surface area (TPSA) is 0 Å². The van der Waals surface area contributed by atoms with Gasteiger partial charge >= 0.3 is 0 Å². The third-order valence-corrected chi connectivity index (χ3v) is 2.25. The Morgan fingerprint density at radius 2 is 1.18 bits per heavy atom. The molecule has 0 aliphatic carbocycles. The van der Waals surface area contributed by atoms with Crippen LogP contribution in [0.3, 0.4) is 0 Å². The Balaban J connectivity index is 0.000000686. The van der Waals surface area contributed by atoms with Gasteiger partial charge in [-0.15, -0.1) is 0 Å². The van der Waals surface area contributed by atoms with Gasteiger partial charge in [0.25, 0.3) is 0 Å². The highest BCUT2D eigenvalue weighted by Gasteiger charge is 2.02. The lowest BCUT2D eigenvalue weighted by atomic mass is 10.0. The average molecular weight is 234 g/mol. The molecule has 0 aromatic heterocycles. The van der Waals surface area contributed by atoms with Crippen LogP contribution in [-0.4, -0.2) is 0 Å². The van der Waals surface area contributed by atoms with Gasteiger partial charge in [0.15, 0.2) is 0 Å². The fourth-order valence-corrected chi connectivity index (χ4v) is 1.47. The van der Waals surface area contributed by atoms with Crippen LogP contribution in [0.15, 0.2) is 42.5 Å². The first-order valence-electron chi connectivity index (χ1n) is 5.68. The molecule has 2 heteroatoms. The molecule has 2 rings (SSSR count). The van der Waals surface area contributed by atoms with E-state index in [4.69, 9.17) is 0 Å². The van der Waals surface area contributed by atoms with Crippen LogP contribution in [0, 0.1) is 18.6 Å². The summed E-state index contributed by atoms with van der Waals surface area (Å²) in [6, 6.07) is 11.1. The third-order valence-electron chi connectivity index (χ3n) is 2.25. The Labute approximate surface area is 101 Å². The summed E-state index contributed by atoms with van der Waals surface area (Å²) in [5, 5.41) is 0. The van der Waals surface area contributed by atoms with Crippen molar-refractivity contribution in [2.24, 2.45) is 0 Å². The van der Waals surface area contributed by atoms with Gasteiger partial charge < -0.3 is 0 Å². The van der Waals surface area contributed by atoms with Crippen molar-refractivity contribution in [2.45, 2.75) is 20.8 Å². The summed E-state index contributed by atoms with van der Waals surface area (Å²) in [6.45, 7) is 5.97. The van der Waals surface area contributed by atoms with Gasteiger partial charge in [-0.05, 0) is 30.2 Å². The second-order valence-electron chi connectivity index (χ2n) is 3.52. The second kappa shape index (κ2) is 6.14. The molecule has 2 aromatic carbocycles. The third kappa shape index (κ3) is 3.66. The summed E-state index contributed by atoms with van der Waals surface area (Å²) in [7, 11) is 0. The standard InChI is InChI=1S/C13H10F2.C2H6/c1-9-2-4-10(5-3-9)11-6-12(14)8-13(15)7-11;1-2/h2-8H,1H3;1-2H3. The molecule has 0 nitrogen and oxygen atoms in total. The van der Waals surface area contributed by atoms with Crippen molar-refractivity contribution in [3.8, 4) is 11.1 Å². The quantitative estimate of drug-likeness (QED) is 0.653. The van der Waals surface area contributed by atoms with Crippen molar-refractivity contribution in [1.82, 2.24) is 0 Å². The minimum atomic E-state index is -0.550. The Bertz CT molecular complexity index is 453. The highest BCUT2D eigenvalue weighted by atomic mass is 19.1. The number of aryl methyl sites for hydroxylation is 1. The van der Waals surface area contributed by atoms with Gasteiger partial charge in [0.05, 0.1) is 0 Å². The fraction of sp³-hybridized carbons (Fsp3) is 0.200. The minimum absolute atomic E-state index is 0.550. The highest BCUT2D eigenvalue weighted by Crippen LogP contribution is 2.21. The molecule has 0 N–H and O–H groups in total. The van der Waals surface area contributed by atoms with Crippen LogP contribution in [0.1, 0.15) is 19.4 Å². The summed E-state index contributed by atoms with van der Waals surface area (Å²) >= 11 is 0. The Hall–Kier alpha value is -1.70. The van der Waals surface area contributed by atoms with E-state index in [1.54, 1.807) is 0 Å². The van der Waals surface area contributed by atoms with Crippen molar-refractivity contribution in [1.29, 1.82) is 0 Å². The Morgan fingerprint density at radius 3 is 1.65 bits per heavy atom. The van der Waals surface area contributed by atoms with Gasteiger partial charge in [-0.3, -0.25) is 0 Å². The number of rotatable bonds is 1. The number of hydrogen-bond donors (Lipinski definition) is 0. The van der Waals surface area contributed by atoms with Gasteiger partial charge in [0, 0.05) is 6.07 Å². The first-order valence-corrected chi connectivity index (χ1v) is 5.68. The summed E-state index contributed by atoms with van der Waals surface area (Å²) in [5.74, 6) is -1.10. The number of halogens is 2. The highest BCUT2D eigenvalue weighted by molar-refractivity contribution is 5.63. The largest absolute Gasteiger partial charge is 0.207 e. The smallest absolute Gasteiger partial charge is 0.126 e. The van der Waals surface area contributed by atoms with E-state index in [0.29, 0.717) is 5.56 Å². The van der Waals surface area contributed by atoms with Gasteiger partial charge in [0.1, 0.15) is 11.6 Å². The molecule has 17 heavy (non-hydrogen) atoms. The molecular formula is C15H16F2. The van der Waals surface area contributed by atoms with Crippen LogP contribution >= 0.6 is 0 Å². The normalized spacial score (nSPS) is 9.47. The van der Waals surface area contributed by atoms with Gasteiger partial charge in [-0.1, -0.05) is 43.7 Å². The zero-order chi connectivity index (χ0) is 12.8. The summed E-state index contributed by atoms with van der Waals surface area (Å²) in [5.41, 5.74) is 2.50. The van der Waals surface area contributed by atoms with E-state index in [1.165, 1.54) is 12.1 Å². The molecule has 0 atom stereocenters. The van der Waals surface area contributed by atoms with Crippen LogP contribution in [0.5, 0.6) is 0 Å². The van der Waals surface area contributed by atoms with E-state index in [2.05, 4.69) is 0 Å². The molecule has 0 spiro atoms. The van der Waals surface area contributed by atoms with E-state index in [0.717, 1.165) is 17.2 Å². The first kappa shape index (κ1) is 13.4. The van der Waals surface area contributed by atoms with E-state index in [9.17, 15) is 8.78 Å². The molecule has 0 saturated carbocycles. The molecule has 0 saturated heterocycles. The van der Waals surface area contributed by atoms with E-state index < -0.39 is 11.6 Å². The van der Waals surface area contributed by atoms with Gasteiger partial charge in [0.2, 0.25) is 0 Å². The zero-order valence-electron chi connectivity index (χ0n) is 10.3. The molecule has 90 valence electrons. The minimum Gasteiger partial charge on any atom is -0.207 e. The maximum Gasteiger partial charge on any atom is 0.126 e. The predicted molar refractivity (Wildman–Crippen MR) is 67.9 cm³/mol. The predicted octanol–water partition coefficient (Wildman–Crippen LogP) is 4.97. The van der Waals surface area contributed by atoms with Gasteiger partial charge in [-0.2, -0.15) is 0 Å². The lowest BCUT2D eigenvalue weighted by Gasteiger charge is -2.02. The molecule has 0 bridgehead atoms. The lowest BCUT2D eigenvalue weighted by Crippen LogP contribution is -1.84. The van der Waals surface area contributed by atoms with Crippen LogP contribution in [0.25, 0.3) is 11.1 Å². The second-order valence-corrected chi connectivity index (χ2v) is 3.52. The SMILES string of the molecule is CC.Cc1ccc(-c2cc(F)cc(F)c2)cc1. The molecule has 0 amide bonds. The molecular weight excluding hydrogens is 218 g/mol. The molecule has 0 unspecified atom stereocenters. The molecule has 0 radical (unpaired) electrons. The molecule has 0 aliphatic rings. The van der Waals surface area contributed by atoms with Crippen LogP contribution in [0.2, 0.25) is 0 Å². The Kier molecular flexibility index (Phi) is 4.83. The summed E-state index contributed by atoms with van der Waals surface area (Å²) in [4.78, 5) is 0. The lowest BCUT2D eigenvalue weighted by molar-refractivity contribution is 0.584. The maximum absolute atomic E-state index is 13.0. The van der Waals surface area contributed by atoms with Crippen molar-refractivity contribution in [2.75, 3.05) is 0 Å². The molecule has 2 aromatic rings. The van der Waals surface area contributed by atoms with Crippen molar-refractivity contribution < 1.29 is 8.78 Å². The summed E-state index contributed by atoms with van der Waals surface area (Å²) in [6.07, 6.45) is 0. The number of benzene rings is 2. The molecule has 0 aliphatic heterocycles. The monoisotopic (exact) mass is 234 g/mol. The number of hydrogen-bond acceptors (Lipinski definition) is 0. The molecule has 0 heterocycles. The van der Waals surface area contributed by atoms with Crippen LogP contribution < -0.4 is 0 Å². The van der Waals surface area contributed by atoms with E-state index >= 15 is 0 Å². The van der Waals surface area contributed by atoms with E-state index in [1.807, 2.05) is 45.0 Å².